The van der Waals surface area contributed by atoms with Crippen LogP contribution in [0.1, 0.15) is 23.7 Å². The molecule has 1 heterocycles. The number of carbonyl (C=O) groups is 1. The maximum atomic E-state index is 10.8. The van der Waals surface area contributed by atoms with Gasteiger partial charge in [-0.3, -0.25) is 0 Å². The third-order valence-electron chi connectivity index (χ3n) is 2.18. The summed E-state index contributed by atoms with van der Waals surface area (Å²) in [5.41, 5.74) is 5.91. The minimum absolute atomic E-state index is 0.0623. The van der Waals surface area contributed by atoms with E-state index in [1.165, 1.54) is 12.3 Å². The summed E-state index contributed by atoms with van der Waals surface area (Å²) in [7, 11) is 0. The first-order valence-corrected chi connectivity index (χ1v) is 5.46. The maximum Gasteiger partial charge on any atom is 0.337 e. The van der Waals surface area contributed by atoms with Crippen molar-refractivity contribution in [2.75, 3.05) is 30.8 Å². The Labute approximate surface area is 99.8 Å². The number of ether oxygens (including phenoxy) is 1. The van der Waals surface area contributed by atoms with E-state index >= 15 is 0 Å². The van der Waals surface area contributed by atoms with Gasteiger partial charge in [0.25, 0.3) is 0 Å². The predicted octanol–water partition coefficient (Wildman–Crippen LogP) is 1.20. The highest BCUT2D eigenvalue weighted by atomic mass is 16.5. The van der Waals surface area contributed by atoms with Gasteiger partial charge in [0.05, 0.1) is 11.3 Å². The van der Waals surface area contributed by atoms with Crippen LogP contribution >= 0.6 is 0 Å². The maximum absolute atomic E-state index is 10.8. The first-order valence-electron chi connectivity index (χ1n) is 5.46. The zero-order chi connectivity index (χ0) is 12.7. The van der Waals surface area contributed by atoms with Gasteiger partial charge >= 0.3 is 5.97 Å². The van der Waals surface area contributed by atoms with Gasteiger partial charge in [0.15, 0.2) is 0 Å². The van der Waals surface area contributed by atoms with Crippen LogP contribution in [-0.2, 0) is 4.74 Å². The van der Waals surface area contributed by atoms with E-state index in [2.05, 4.69) is 10.3 Å². The number of hydrogen-bond acceptors (Lipinski definition) is 5. The fourth-order valence-corrected chi connectivity index (χ4v) is 1.33. The summed E-state index contributed by atoms with van der Waals surface area (Å²) >= 11 is 0. The predicted molar refractivity (Wildman–Crippen MR) is 65.2 cm³/mol. The van der Waals surface area contributed by atoms with Gasteiger partial charge in [0, 0.05) is 26.0 Å². The highest BCUT2D eigenvalue weighted by molar-refractivity contribution is 5.96. The second kappa shape index (κ2) is 6.70. The summed E-state index contributed by atoms with van der Waals surface area (Å²) in [6, 6.07) is 1.38. The summed E-state index contributed by atoms with van der Waals surface area (Å²) < 4.78 is 5.18. The molecule has 0 saturated heterocycles. The quantitative estimate of drug-likeness (QED) is 0.618. The van der Waals surface area contributed by atoms with E-state index in [4.69, 9.17) is 15.6 Å². The first kappa shape index (κ1) is 13.2. The van der Waals surface area contributed by atoms with E-state index in [0.29, 0.717) is 25.6 Å². The fraction of sp³-hybridized carbons (Fsp3) is 0.455. The molecule has 0 saturated carbocycles. The van der Waals surface area contributed by atoms with E-state index < -0.39 is 5.97 Å². The summed E-state index contributed by atoms with van der Waals surface area (Å²) in [6.45, 7) is 3.92. The molecule has 0 fully saturated rings. The van der Waals surface area contributed by atoms with Crippen molar-refractivity contribution >= 4 is 17.5 Å². The van der Waals surface area contributed by atoms with Crippen LogP contribution in [0.3, 0.4) is 0 Å². The lowest BCUT2D eigenvalue weighted by Crippen LogP contribution is -2.11. The molecule has 6 heteroatoms. The molecular weight excluding hydrogens is 222 g/mol. The number of carboxylic acids is 1. The summed E-state index contributed by atoms with van der Waals surface area (Å²) in [4.78, 5) is 14.8. The SMILES string of the molecule is CCOCCCNc1nccc(C(=O)O)c1N. The van der Waals surface area contributed by atoms with E-state index in [9.17, 15) is 4.79 Å². The van der Waals surface area contributed by atoms with Crippen LogP contribution in [0.2, 0.25) is 0 Å². The molecule has 17 heavy (non-hydrogen) atoms. The molecule has 0 spiro atoms. The lowest BCUT2D eigenvalue weighted by molar-refractivity contribution is 0.0698. The van der Waals surface area contributed by atoms with Crippen LogP contribution in [0.15, 0.2) is 12.3 Å². The van der Waals surface area contributed by atoms with Gasteiger partial charge in [-0.05, 0) is 19.4 Å². The molecule has 0 aromatic carbocycles. The normalized spacial score (nSPS) is 10.2. The van der Waals surface area contributed by atoms with Crippen molar-refractivity contribution in [1.82, 2.24) is 4.98 Å². The van der Waals surface area contributed by atoms with E-state index in [1.54, 1.807) is 0 Å². The second-order valence-electron chi connectivity index (χ2n) is 3.40. The Morgan fingerprint density at radius 1 is 1.65 bits per heavy atom. The average Bonchev–Trinajstić information content (AvgIpc) is 2.30. The number of nitrogens with two attached hydrogens (primary N) is 1. The van der Waals surface area contributed by atoms with Gasteiger partial charge in [0.1, 0.15) is 5.82 Å². The van der Waals surface area contributed by atoms with Crippen LogP contribution in [0, 0.1) is 0 Å². The summed E-state index contributed by atoms with van der Waals surface area (Å²) in [6.07, 6.45) is 2.23. The first-order chi connectivity index (χ1) is 8.16. The molecule has 1 aromatic heterocycles. The third kappa shape index (κ3) is 3.92. The van der Waals surface area contributed by atoms with Crippen molar-refractivity contribution in [1.29, 1.82) is 0 Å². The van der Waals surface area contributed by atoms with E-state index in [-0.39, 0.29) is 11.3 Å². The largest absolute Gasteiger partial charge is 0.478 e. The minimum atomic E-state index is -1.05. The number of hydrogen-bond donors (Lipinski definition) is 3. The molecule has 0 unspecified atom stereocenters. The molecule has 0 aliphatic rings. The van der Waals surface area contributed by atoms with Gasteiger partial charge in [-0.1, -0.05) is 0 Å². The van der Waals surface area contributed by atoms with Crippen molar-refractivity contribution in [3.05, 3.63) is 17.8 Å². The second-order valence-corrected chi connectivity index (χ2v) is 3.40. The molecule has 4 N–H and O–H groups in total. The Morgan fingerprint density at radius 2 is 2.41 bits per heavy atom. The molecule has 0 atom stereocenters. The Kier molecular flexibility index (Phi) is 5.22. The number of rotatable bonds is 7. The van der Waals surface area contributed by atoms with Gasteiger partial charge in [0.2, 0.25) is 0 Å². The molecule has 0 radical (unpaired) electrons. The average molecular weight is 239 g/mol. The Bertz CT molecular complexity index is 382. The lowest BCUT2D eigenvalue weighted by Gasteiger charge is -2.09. The summed E-state index contributed by atoms with van der Waals surface area (Å²) in [5.74, 6) is -0.649. The van der Waals surface area contributed by atoms with Crippen LogP contribution in [0.5, 0.6) is 0 Å². The lowest BCUT2D eigenvalue weighted by atomic mass is 10.2. The molecule has 0 amide bonds. The van der Waals surface area contributed by atoms with Crippen molar-refractivity contribution in [2.24, 2.45) is 0 Å². The molecule has 1 rings (SSSR count). The third-order valence-corrected chi connectivity index (χ3v) is 2.18. The highest BCUT2D eigenvalue weighted by Gasteiger charge is 2.11. The van der Waals surface area contributed by atoms with Crippen LogP contribution in [0.4, 0.5) is 11.5 Å². The van der Waals surface area contributed by atoms with Crippen LogP contribution in [-0.4, -0.2) is 35.8 Å². The summed E-state index contributed by atoms with van der Waals surface area (Å²) in [5, 5.41) is 11.9. The van der Waals surface area contributed by atoms with Crippen LogP contribution in [0.25, 0.3) is 0 Å². The topological polar surface area (TPSA) is 97.5 Å². The molecule has 0 aliphatic heterocycles. The molecule has 6 nitrogen and oxygen atoms in total. The molecule has 0 bridgehead atoms. The van der Waals surface area contributed by atoms with Gasteiger partial charge < -0.3 is 20.9 Å². The highest BCUT2D eigenvalue weighted by Crippen LogP contribution is 2.19. The van der Waals surface area contributed by atoms with Crippen molar-refractivity contribution in [3.8, 4) is 0 Å². The minimum Gasteiger partial charge on any atom is -0.478 e. The van der Waals surface area contributed by atoms with Crippen molar-refractivity contribution < 1.29 is 14.6 Å². The number of aromatic nitrogens is 1. The molecule has 94 valence electrons. The molecule has 1 aromatic rings. The number of carboxylic acid groups (broad SMARTS) is 1. The monoisotopic (exact) mass is 239 g/mol. The molecule has 0 aliphatic carbocycles. The number of aromatic carboxylic acids is 1. The van der Waals surface area contributed by atoms with Crippen molar-refractivity contribution in [2.45, 2.75) is 13.3 Å². The standard InChI is InChI=1S/C11H17N3O3/c1-2-17-7-3-5-13-10-9(12)8(11(15)16)4-6-14-10/h4,6H,2-3,5,7,12H2,1H3,(H,13,14)(H,15,16). The van der Waals surface area contributed by atoms with Crippen LogP contribution < -0.4 is 11.1 Å². The Hall–Kier alpha value is -1.82. The number of nitrogens with zero attached hydrogens (tertiary/aromatic N) is 1. The van der Waals surface area contributed by atoms with E-state index in [1.807, 2.05) is 6.92 Å². The zero-order valence-corrected chi connectivity index (χ0v) is 9.77. The fourth-order valence-electron chi connectivity index (χ4n) is 1.33. The van der Waals surface area contributed by atoms with E-state index in [0.717, 1.165) is 6.42 Å². The van der Waals surface area contributed by atoms with Crippen molar-refractivity contribution in [3.63, 3.8) is 0 Å². The van der Waals surface area contributed by atoms with Gasteiger partial charge in [-0.15, -0.1) is 0 Å². The number of pyridine rings is 1. The Balaban J connectivity index is 2.54. The zero-order valence-electron chi connectivity index (χ0n) is 9.77. The smallest absolute Gasteiger partial charge is 0.337 e. The van der Waals surface area contributed by atoms with Gasteiger partial charge in [-0.2, -0.15) is 0 Å². The molecular formula is C11H17N3O3. The number of nitrogen functional groups attached to an aromatic ring is 1. The van der Waals surface area contributed by atoms with Gasteiger partial charge in [-0.25, -0.2) is 9.78 Å². The number of anilines is 2. The Morgan fingerprint density at radius 3 is 3.06 bits per heavy atom. The number of nitrogens with one attached hydrogen (secondary N) is 1.